The van der Waals surface area contributed by atoms with E-state index in [0.717, 1.165) is 11.3 Å². The molecule has 2 aromatic carbocycles. The van der Waals surface area contributed by atoms with Crippen LogP contribution in [0.2, 0.25) is 0 Å². The van der Waals surface area contributed by atoms with Gasteiger partial charge in [-0.3, -0.25) is 4.79 Å². The Hall–Kier alpha value is -2.55. The van der Waals surface area contributed by atoms with Crippen LogP contribution in [0.4, 0.5) is 5.69 Å². The van der Waals surface area contributed by atoms with Crippen molar-refractivity contribution in [2.45, 2.75) is 13.8 Å². The summed E-state index contributed by atoms with van der Waals surface area (Å²) in [5.74, 6) is 0.376. The van der Waals surface area contributed by atoms with Crippen molar-refractivity contribution in [3.63, 3.8) is 0 Å². The van der Waals surface area contributed by atoms with Gasteiger partial charge in [0.15, 0.2) is 0 Å². The van der Waals surface area contributed by atoms with Crippen molar-refractivity contribution < 1.29 is 9.53 Å². The predicted octanol–water partition coefficient (Wildman–Crippen LogP) is 4.12. The van der Waals surface area contributed by atoms with Gasteiger partial charge in [0.2, 0.25) is 0 Å². The van der Waals surface area contributed by atoms with E-state index in [1.165, 1.54) is 5.56 Å². The maximum atomic E-state index is 12.4. The Balaban J connectivity index is 2.22. The molecule has 0 aliphatic rings. The predicted molar refractivity (Wildman–Crippen MR) is 86.0 cm³/mol. The van der Waals surface area contributed by atoms with Crippen molar-refractivity contribution in [2.24, 2.45) is 0 Å². The van der Waals surface area contributed by atoms with Crippen molar-refractivity contribution >= 4 is 11.6 Å². The number of carbonyl (C=O) groups is 1. The Morgan fingerprint density at radius 3 is 2.71 bits per heavy atom. The van der Waals surface area contributed by atoms with Gasteiger partial charge in [0, 0.05) is 5.69 Å². The first-order valence-electron chi connectivity index (χ1n) is 6.83. The standard InChI is InChI=1S/C18H19NO2/c1-4-11-21-17-8-6-5-7-15(17)18(20)19-16-10-9-13(2)12-14(16)3/h4-10,12H,1,11H2,2-3H3,(H,19,20). The summed E-state index contributed by atoms with van der Waals surface area (Å²) in [5, 5.41) is 2.93. The molecule has 1 amide bonds. The fourth-order valence-corrected chi connectivity index (χ4v) is 2.07. The lowest BCUT2D eigenvalue weighted by Crippen LogP contribution is -2.14. The van der Waals surface area contributed by atoms with Crippen molar-refractivity contribution in [1.82, 2.24) is 0 Å². The van der Waals surface area contributed by atoms with E-state index in [1.54, 1.807) is 18.2 Å². The number of hydrogen-bond acceptors (Lipinski definition) is 2. The van der Waals surface area contributed by atoms with Crippen molar-refractivity contribution in [3.8, 4) is 5.75 Å². The van der Waals surface area contributed by atoms with Gasteiger partial charge in [-0.05, 0) is 37.6 Å². The molecule has 2 aromatic rings. The van der Waals surface area contributed by atoms with Gasteiger partial charge in [-0.25, -0.2) is 0 Å². The molecule has 0 aliphatic carbocycles. The molecule has 0 aromatic heterocycles. The summed E-state index contributed by atoms with van der Waals surface area (Å²) in [6.07, 6.45) is 1.65. The van der Waals surface area contributed by atoms with Crippen LogP contribution in [0, 0.1) is 13.8 Å². The molecule has 1 N–H and O–H groups in total. The van der Waals surface area contributed by atoms with E-state index >= 15 is 0 Å². The first-order valence-corrected chi connectivity index (χ1v) is 6.83. The van der Waals surface area contributed by atoms with Crippen molar-refractivity contribution in [3.05, 3.63) is 71.8 Å². The van der Waals surface area contributed by atoms with Crippen molar-refractivity contribution in [1.29, 1.82) is 0 Å². The Morgan fingerprint density at radius 1 is 1.24 bits per heavy atom. The Kier molecular flexibility index (Phi) is 4.77. The lowest BCUT2D eigenvalue weighted by atomic mass is 10.1. The third kappa shape index (κ3) is 3.72. The highest BCUT2D eigenvalue weighted by molar-refractivity contribution is 6.06. The second-order valence-corrected chi connectivity index (χ2v) is 4.87. The topological polar surface area (TPSA) is 38.3 Å². The van der Waals surface area contributed by atoms with E-state index in [1.807, 2.05) is 44.2 Å². The normalized spacial score (nSPS) is 10.0. The molecule has 0 saturated heterocycles. The van der Waals surface area contributed by atoms with E-state index in [9.17, 15) is 4.79 Å². The third-order valence-corrected chi connectivity index (χ3v) is 3.12. The SMILES string of the molecule is C=CCOc1ccccc1C(=O)Nc1ccc(C)cc1C. The Morgan fingerprint density at radius 2 is 2.00 bits per heavy atom. The van der Waals surface area contributed by atoms with E-state index < -0.39 is 0 Å². The summed E-state index contributed by atoms with van der Waals surface area (Å²) >= 11 is 0. The van der Waals surface area contributed by atoms with E-state index in [0.29, 0.717) is 17.9 Å². The fraction of sp³-hybridized carbons (Fsp3) is 0.167. The van der Waals surface area contributed by atoms with Crippen LogP contribution in [0.5, 0.6) is 5.75 Å². The third-order valence-electron chi connectivity index (χ3n) is 3.12. The number of benzene rings is 2. The summed E-state index contributed by atoms with van der Waals surface area (Å²) in [6, 6.07) is 13.1. The maximum Gasteiger partial charge on any atom is 0.259 e. The molecular formula is C18H19NO2. The average molecular weight is 281 g/mol. The lowest BCUT2D eigenvalue weighted by Gasteiger charge is -2.12. The summed E-state index contributed by atoms with van der Waals surface area (Å²) in [6.45, 7) is 7.98. The van der Waals surface area contributed by atoms with Crippen LogP contribution in [0.25, 0.3) is 0 Å². The molecule has 0 saturated carbocycles. The zero-order chi connectivity index (χ0) is 15.2. The number of carbonyl (C=O) groups excluding carboxylic acids is 1. The largest absolute Gasteiger partial charge is 0.489 e. The van der Waals surface area contributed by atoms with Gasteiger partial charge >= 0.3 is 0 Å². The molecule has 0 radical (unpaired) electrons. The maximum absolute atomic E-state index is 12.4. The number of amides is 1. The number of nitrogens with one attached hydrogen (secondary N) is 1. The molecule has 0 atom stereocenters. The molecule has 0 heterocycles. The van der Waals surface area contributed by atoms with Crippen molar-refractivity contribution in [2.75, 3.05) is 11.9 Å². The molecule has 0 spiro atoms. The van der Waals surface area contributed by atoms with Crippen LogP contribution >= 0.6 is 0 Å². The number of ether oxygens (including phenoxy) is 1. The summed E-state index contributed by atoms with van der Waals surface area (Å²) in [5.41, 5.74) is 3.52. The minimum atomic E-state index is -0.179. The van der Waals surface area contributed by atoms with Crippen LogP contribution < -0.4 is 10.1 Å². The zero-order valence-corrected chi connectivity index (χ0v) is 12.3. The second-order valence-electron chi connectivity index (χ2n) is 4.87. The molecule has 2 rings (SSSR count). The minimum Gasteiger partial charge on any atom is -0.489 e. The molecule has 21 heavy (non-hydrogen) atoms. The Bertz CT molecular complexity index is 662. The number of aryl methyl sites for hydroxylation is 2. The summed E-state index contributed by atoms with van der Waals surface area (Å²) in [4.78, 5) is 12.4. The van der Waals surface area contributed by atoms with Gasteiger partial charge in [-0.15, -0.1) is 0 Å². The van der Waals surface area contributed by atoms with Gasteiger partial charge in [0.25, 0.3) is 5.91 Å². The van der Waals surface area contributed by atoms with E-state index in [-0.39, 0.29) is 5.91 Å². The first-order chi connectivity index (χ1) is 10.1. The molecule has 0 bridgehead atoms. The highest BCUT2D eigenvalue weighted by Gasteiger charge is 2.13. The highest BCUT2D eigenvalue weighted by atomic mass is 16.5. The molecule has 3 nitrogen and oxygen atoms in total. The lowest BCUT2D eigenvalue weighted by molar-refractivity contribution is 0.102. The number of hydrogen-bond donors (Lipinski definition) is 1. The molecular weight excluding hydrogens is 262 g/mol. The fourth-order valence-electron chi connectivity index (χ4n) is 2.07. The Labute approximate surface area is 125 Å². The monoisotopic (exact) mass is 281 g/mol. The summed E-state index contributed by atoms with van der Waals surface area (Å²) < 4.78 is 5.52. The number of rotatable bonds is 5. The molecule has 0 aliphatic heterocycles. The van der Waals surface area contributed by atoms with Crippen LogP contribution in [0.1, 0.15) is 21.5 Å². The molecule has 0 fully saturated rings. The molecule has 3 heteroatoms. The quantitative estimate of drug-likeness (QED) is 0.837. The van der Waals surface area contributed by atoms with E-state index in [4.69, 9.17) is 4.74 Å². The van der Waals surface area contributed by atoms with Gasteiger partial charge in [-0.2, -0.15) is 0 Å². The van der Waals surface area contributed by atoms with Crippen LogP contribution in [-0.2, 0) is 0 Å². The molecule has 0 unspecified atom stereocenters. The summed E-state index contributed by atoms with van der Waals surface area (Å²) in [7, 11) is 0. The smallest absolute Gasteiger partial charge is 0.259 e. The molecule has 108 valence electrons. The minimum absolute atomic E-state index is 0.179. The highest BCUT2D eigenvalue weighted by Crippen LogP contribution is 2.21. The van der Waals surface area contributed by atoms with Gasteiger partial charge in [0.1, 0.15) is 12.4 Å². The second kappa shape index (κ2) is 6.75. The van der Waals surface area contributed by atoms with E-state index in [2.05, 4.69) is 11.9 Å². The van der Waals surface area contributed by atoms with Gasteiger partial charge < -0.3 is 10.1 Å². The number of para-hydroxylation sites is 1. The van der Waals surface area contributed by atoms with Crippen LogP contribution in [0.15, 0.2) is 55.1 Å². The van der Waals surface area contributed by atoms with Crippen LogP contribution in [0.3, 0.4) is 0 Å². The van der Waals surface area contributed by atoms with Crippen LogP contribution in [-0.4, -0.2) is 12.5 Å². The average Bonchev–Trinajstić information content (AvgIpc) is 2.48. The number of anilines is 1. The van der Waals surface area contributed by atoms with Gasteiger partial charge in [-0.1, -0.05) is 42.5 Å². The first kappa shape index (κ1) is 14.9. The zero-order valence-electron chi connectivity index (χ0n) is 12.3. The van der Waals surface area contributed by atoms with Gasteiger partial charge in [0.05, 0.1) is 5.56 Å².